The Labute approximate surface area is 513 Å². The minimum atomic E-state index is -6.11. The lowest BCUT2D eigenvalue weighted by Gasteiger charge is -2.72. The number of fused-ring (bicyclic) bond motifs is 1. The molecular weight excluding hydrogens is 1170 g/mol. The molecule has 464 valence electrons. The predicted octanol–water partition coefficient (Wildman–Crippen LogP) is 9.09. The van der Waals surface area contributed by atoms with Crippen LogP contribution in [0.15, 0.2) is 117 Å². The zero-order chi connectivity index (χ0) is 61.5. The molecule has 6 fully saturated rings. The van der Waals surface area contributed by atoms with Gasteiger partial charge >= 0.3 is 5.51 Å². The molecule has 2 bridgehead atoms. The van der Waals surface area contributed by atoms with Crippen molar-refractivity contribution in [3.8, 4) is 11.8 Å². The standard InChI is InChI=1S/C65H77F3N8O8S3/c1-62(2)25-23-47(54(38-62)64-42-63(3,43-64)44-64)39-74-32-34-75(35-33-74)50-16-14-46(15-17-50)59(78)71-87(83,84)52-18-20-55(57(37-52)86(81,82)65(66,67)68)69-49(41-85-51-11-7-4-8-12-51)24-27-73-30-28-72(29-31-73)26-9-5-6-10-45-13-19-53-48(36-45)40-76(61(53)80)56-21-22-58(77)70-60(56)79/h4,7-8,11-20,36-37,49,56,69H,5,9,21-35,38-44H2,1-3H3,(H,71,78)(H,70,77,79)/t49-,56?,63?,64?/m1/s1. The molecule has 4 aromatic rings. The summed E-state index contributed by atoms with van der Waals surface area (Å²) in [5.41, 5.74) is 1.47. The Bertz CT molecular complexity index is 3610. The first-order chi connectivity index (χ1) is 41.3. The van der Waals surface area contributed by atoms with Gasteiger partial charge in [-0.25, -0.2) is 21.6 Å². The highest BCUT2D eigenvalue weighted by Gasteiger charge is 2.67. The lowest BCUT2D eigenvalue weighted by Crippen LogP contribution is -2.61. The average Bonchev–Trinajstić information content (AvgIpc) is 1.04. The number of unbranched alkanes of at least 4 members (excludes halogenated alkanes) is 1. The molecule has 0 aromatic heterocycles. The molecule has 16 nitrogen and oxygen atoms in total. The van der Waals surface area contributed by atoms with Crippen LogP contribution < -0.4 is 20.3 Å². The summed E-state index contributed by atoms with van der Waals surface area (Å²) in [5, 5.41) is 5.38. The second-order valence-electron chi connectivity index (χ2n) is 26.0. The van der Waals surface area contributed by atoms with Gasteiger partial charge in [0.05, 0.1) is 10.6 Å². The van der Waals surface area contributed by atoms with Crippen LogP contribution in [0.1, 0.15) is 123 Å². The first kappa shape index (κ1) is 62.4. The molecule has 3 saturated carbocycles. The van der Waals surface area contributed by atoms with E-state index < -0.39 is 64.7 Å². The van der Waals surface area contributed by atoms with Crippen LogP contribution in [0.2, 0.25) is 0 Å². The number of amides is 4. The Kier molecular flexibility index (Phi) is 17.9. The van der Waals surface area contributed by atoms with Gasteiger partial charge < -0.3 is 24.9 Å². The quantitative estimate of drug-likeness (QED) is 0.0250. The van der Waals surface area contributed by atoms with Crippen LogP contribution in [0.3, 0.4) is 0 Å². The Morgan fingerprint density at radius 3 is 2.18 bits per heavy atom. The molecule has 1 unspecified atom stereocenters. The van der Waals surface area contributed by atoms with Crippen molar-refractivity contribution in [3.63, 3.8) is 0 Å². The minimum Gasteiger partial charge on any atom is -0.380 e. The van der Waals surface area contributed by atoms with Gasteiger partial charge in [0.2, 0.25) is 11.8 Å². The Balaban J connectivity index is 0.680. The van der Waals surface area contributed by atoms with E-state index in [-0.39, 0.29) is 30.3 Å². The lowest BCUT2D eigenvalue weighted by molar-refractivity contribution is -0.167. The van der Waals surface area contributed by atoms with E-state index in [4.69, 9.17) is 0 Å². The van der Waals surface area contributed by atoms with Crippen molar-refractivity contribution >= 4 is 66.6 Å². The number of carbonyl (C=O) groups excluding carboxylic acids is 4. The van der Waals surface area contributed by atoms with E-state index >= 15 is 0 Å². The summed E-state index contributed by atoms with van der Waals surface area (Å²) in [6.07, 6.45) is 9.89. The molecular formula is C65H77F3N8O8S3. The van der Waals surface area contributed by atoms with Crippen LogP contribution in [0.25, 0.3) is 0 Å². The highest BCUT2D eigenvalue weighted by molar-refractivity contribution is 7.99. The summed E-state index contributed by atoms with van der Waals surface area (Å²) < 4.78 is 99.8. The molecule has 3 N–H and O–H groups in total. The second kappa shape index (κ2) is 25.0. The van der Waals surface area contributed by atoms with E-state index in [1.165, 1.54) is 60.9 Å². The molecule has 8 aliphatic rings. The fourth-order valence-electron chi connectivity index (χ4n) is 14.2. The van der Waals surface area contributed by atoms with Gasteiger partial charge in [0.1, 0.15) is 10.9 Å². The van der Waals surface area contributed by atoms with Crippen molar-refractivity contribution in [2.24, 2.45) is 16.2 Å². The fourth-order valence-corrected chi connectivity index (χ4v) is 17.2. The third-order valence-corrected chi connectivity index (χ3v) is 22.9. The molecule has 87 heavy (non-hydrogen) atoms. The third kappa shape index (κ3) is 14.0. The molecule has 0 spiro atoms. The fraction of sp³-hybridized carbons (Fsp3) is 0.508. The number of sulfonamides is 1. The molecule has 2 atom stereocenters. The van der Waals surface area contributed by atoms with Gasteiger partial charge in [-0.1, -0.05) is 62.0 Å². The third-order valence-electron chi connectivity index (χ3n) is 18.8. The van der Waals surface area contributed by atoms with Crippen LogP contribution in [-0.4, -0.2) is 155 Å². The number of hydrogen-bond donors (Lipinski definition) is 3. The van der Waals surface area contributed by atoms with E-state index in [0.717, 1.165) is 112 Å². The maximum Gasteiger partial charge on any atom is 0.501 e. The summed E-state index contributed by atoms with van der Waals surface area (Å²) in [5.74, 6) is 4.73. The first-order valence-corrected chi connectivity index (χ1v) is 34.3. The van der Waals surface area contributed by atoms with E-state index in [9.17, 15) is 49.2 Å². The van der Waals surface area contributed by atoms with Gasteiger partial charge in [-0.2, -0.15) is 13.2 Å². The normalized spacial score (nSPS) is 23.9. The molecule has 4 heterocycles. The Hall–Kier alpha value is -6.22. The predicted molar refractivity (Wildman–Crippen MR) is 329 cm³/mol. The lowest BCUT2D eigenvalue weighted by atomic mass is 9.33. The van der Waals surface area contributed by atoms with Crippen LogP contribution in [0.4, 0.5) is 24.5 Å². The van der Waals surface area contributed by atoms with E-state index in [1.807, 2.05) is 41.1 Å². The van der Waals surface area contributed by atoms with Gasteiger partial charge in [0.25, 0.3) is 31.7 Å². The number of halogens is 3. The summed E-state index contributed by atoms with van der Waals surface area (Å²) in [6, 6.07) is 22.5. The van der Waals surface area contributed by atoms with Gasteiger partial charge in [0, 0.05) is 124 Å². The largest absolute Gasteiger partial charge is 0.501 e. The number of piperidine rings is 1. The number of hydrogen-bond acceptors (Lipinski definition) is 14. The van der Waals surface area contributed by atoms with E-state index in [0.29, 0.717) is 59.4 Å². The number of benzene rings is 4. The second-order valence-corrected chi connectivity index (χ2v) is 30.7. The molecule has 22 heteroatoms. The van der Waals surface area contributed by atoms with Crippen molar-refractivity contribution in [1.29, 1.82) is 0 Å². The van der Waals surface area contributed by atoms with Crippen molar-refractivity contribution in [2.75, 3.05) is 88.0 Å². The number of imide groups is 1. The Morgan fingerprint density at radius 2 is 1.51 bits per heavy atom. The zero-order valence-corrected chi connectivity index (χ0v) is 52.1. The van der Waals surface area contributed by atoms with Gasteiger partial charge in [-0.3, -0.25) is 29.4 Å². The van der Waals surface area contributed by atoms with Crippen LogP contribution in [-0.2, 0) is 36.0 Å². The van der Waals surface area contributed by atoms with Crippen molar-refractivity contribution < 1.29 is 49.2 Å². The minimum absolute atomic E-state index is 0.00386. The monoisotopic (exact) mass is 1250 g/mol. The van der Waals surface area contributed by atoms with Crippen molar-refractivity contribution in [1.82, 2.24) is 29.6 Å². The molecule has 0 radical (unpaired) electrons. The highest BCUT2D eigenvalue weighted by atomic mass is 32.2. The number of alkyl halides is 3. The number of allylic oxidation sites excluding steroid dienone is 1. The number of thioether (sulfide) groups is 1. The first-order valence-electron chi connectivity index (χ1n) is 30.3. The smallest absolute Gasteiger partial charge is 0.380 e. The number of rotatable bonds is 20. The van der Waals surface area contributed by atoms with Gasteiger partial charge in [-0.15, -0.1) is 11.8 Å². The number of nitrogens with one attached hydrogen (secondary N) is 3. The molecule has 4 aliphatic carbocycles. The highest BCUT2D eigenvalue weighted by Crippen LogP contribution is 2.77. The van der Waals surface area contributed by atoms with Crippen molar-refractivity contribution in [2.45, 2.75) is 130 Å². The number of carbonyl (C=O) groups is 4. The van der Waals surface area contributed by atoms with Gasteiger partial charge in [-0.05, 0) is 159 Å². The summed E-state index contributed by atoms with van der Waals surface area (Å²) in [4.78, 5) is 60.4. The molecule has 3 saturated heterocycles. The number of anilines is 2. The molecule has 4 amide bonds. The SMILES string of the molecule is CC1(C)CCC(CN2CCN(c3ccc(C(=O)NS(=O)(=O)c4ccc(N[C@H](CCN5CCN(CCCC#Cc6ccc7c(c6)CN(C6CCC(=O)NC6=O)C7=O)CC5)CSc5ccccc5)c(S(=O)(=O)C(F)(F)F)c4)cc3)CC2)=C(C23CC(C)(C2)C3)C1. The maximum atomic E-state index is 14.5. The maximum absolute atomic E-state index is 14.5. The zero-order valence-electron chi connectivity index (χ0n) is 49.6. The van der Waals surface area contributed by atoms with Crippen LogP contribution >= 0.6 is 11.8 Å². The number of nitrogens with zero attached hydrogens (tertiary/aromatic N) is 5. The number of sulfone groups is 1. The Morgan fingerprint density at radius 1 is 0.816 bits per heavy atom. The van der Waals surface area contributed by atoms with E-state index in [2.05, 4.69) is 62.8 Å². The summed E-state index contributed by atoms with van der Waals surface area (Å²) >= 11 is 1.45. The summed E-state index contributed by atoms with van der Waals surface area (Å²) in [6.45, 7) is 16.2. The molecule has 4 aliphatic heterocycles. The van der Waals surface area contributed by atoms with Gasteiger partial charge in [0.15, 0.2) is 0 Å². The van der Waals surface area contributed by atoms with Crippen LogP contribution in [0.5, 0.6) is 0 Å². The average molecular weight is 1250 g/mol. The van der Waals surface area contributed by atoms with Crippen LogP contribution in [0, 0.1) is 28.1 Å². The summed E-state index contributed by atoms with van der Waals surface area (Å²) in [7, 11) is -11.0. The topological polar surface area (TPSA) is 189 Å². The number of piperazine rings is 2. The van der Waals surface area contributed by atoms with Crippen molar-refractivity contribution in [3.05, 3.63) is 124 Å². The molecule has 12 rings (SSSR count). The van der Waals surface area contributed by atoms with E-state index in [1.54, 1.807) is 35.4 Å². The molecule has 4 aromatic carbocycles.